The van der Waals surface area contributed by atoms with Crippen LogP contribution in [0.15, 0.2) is 12.1 Å². The Hall–Kier alpha value is -1.23. The summed E-state index contributed by atoms with van der Waals surface area (Å²) in [6.07, 6.45) is 7.22. The predicted molar refractivity (Wildman–Crippen MR) is 109 cm³/mol. The van der Waals surface area contributed by atoms with Crippen molar-refractivity contribution in [2.75, 3.05) is 6.61 Å². The van der Waals surface area contributed by atoms with Crippen LogP contribution in [0.2, 0.25) is 10.0 Å². The maximum Gasteiger partial charge on any atom is 0.156 e. The fourth-order valence-corrected chi connectivity index (χ4v) is 4.64. The maximum atomic E-state index is 12.1. The van der Waals surface area contributed by atoms with E-state index in [4.69, 9.17) is 39.1 Å². The molecule has 1 unspecified atom stereocenters. The highest BCUT2D eigenvalue weighted by molar-refractivity contribution is 6.44. The van der Waals surface area contributed by atoms with Gasteiger partial charge in [-0.05, 0) is 54.4 Å². The summed E-state index contributed by atoms with van der Waals surface area (Å²) in [5.74, 6) is 0.512. The van der Waals surface area contributed by atoms with Gasteiger partial charge in [-0.25, -0.2) is 0 Å². The second-order valence-corrected chi connectivity index (χ2v) is 7.66. The van der Waals surface area contributed by atoms with Crippen LogP contribution < -0.4 is 10.5 Å². The maximum absolute atomic E-state index is 12.1. The van der Waals surface area contributed by atoms with E-state index in [0.717, 1.165) is 48.8 Å². The van der Waals surface area contributed by atoms with Crippen LogP contribution in [0.4, 0.5) is 0 Å². The van der Waals surface area contributed by atoms with E-state index in [-0.39, 0.29) is 36.0 Å². The van der Waals surface area contributed by atoms with E-state index in [0.29, 0.717) is 22.2 Å². The van der Waals surface area contributed by atoms with Crippen molar-refractivity contribution in [1.82, 2.24) is 0 Å². The van der Waals surface area contributed by atoms with Crippen LogP contribution in [0.1, 0.15) is 50.2 Å². The van der Waals surface area contributed by atoms with Gasteiger partial charge in [0.25, 0.3) is 0 Å². The first-order chi connectivity index (χ1) is 11.9. The fourth-order valence-electron chi connectivity index (χ4n) is 4.12. The van der Waals surface area contributed by atoms with Crippen molar-refractivity contribution in [3.05, 3.63) is 33.3 Å². The molecule has 3 N–H and O–H groups in total. The standard InChI is InChI=1S/C19H22Cl2N2O2.ClH/c1-2-5-19-6-3-11-8-14(25-10-15(22)23)17(20)18(21)16(11)13(19)9-12(24)4-7-19;/h8-9H,2-7,10H2,1H3,(H3,22,23);1H. The van der Waals surface area contributed by atoms with Gasteiger partial charge in [0.15, 0.2) is 5.78 Å². The van der Waals surface area contributed by atoms with Crippen molar-refractivity contribution in [1.29, 1.82) is 5.41 Å². The molecule has 0 aliphatic heterocycles. The van der Waals surface area contributed by atoms with Gasteiger partial charge in [0.05, 0.1) is 5.02 Å². The molecule has 1 aromatic rings. The average Bonchev–Trinajstić information content (AvgIpc) is 2.57. The third kappa shape index (κ3) is 3.73. The number of amidine groups is 1. The van der Waals surface area contributed by atoms with E-state index in [1.165, 1.54) is 0 Å². The SMILES string of the molecule is CCCC12CCC(=O)C=C1c1c(cc(OCC(=N)N)c(Cl)c1Cl)CC2.Cl. The number of halogens is 3. The molecule has 0 heterocycles. The zero-order valence-electron chi connectivity index (χ0n) is 14.7. The highest BCUT2D eigenvalue weighted by Gasteiger charge is 2.42. The van der Waals surface area contributed by atoms with Crippen LogP contribution in [0.25, 0.3) is 5.57 Å². The number of nitrogens with two attached hydrogens (primary N) is 1. The summed E-state index contributed by atoms with van der Waals surface area (Å²) in [5.41, 5.74) is 8.35. The molecule has 7 heteroatoms. The summed E-state index contributed by atoms with van der Waals surface area (Å²) in [7, 11) is 0. The summed E-state index contributed by atoms with van der Waals surface area (Å²) >= 11 is 13.0. The van der Waals surface area contributed by atoms with Crippen LogP contribution >= 0.6 is 35.6 Å². The fraction of sp³-hybridized carbons (Fsp3) is 0.474. The van der Waals surface area contributed by atoms with Crippen LogP contribution in [0, 0.1) is 10.8 Å². The van der Waals surface area contributed by atoms with E-state index in [1.807, 2.05) is 6.07 Å². The Balaban J connectivity index is 0.00000243. The van der Waals surface area contributed by atoms with Crippen LogP contribution in [0.5, 0.6) is 5.75 Å². The van der Waals surface area contributed by atoms with Crippen molar-refractivity contribution in [3.63, 3.8) is 0 Å². The van der Waals surface area contributed by atoms with Crippen LogP contribution in [0.3, 0.4) is 0 Å². The number of ketones is 1. The van der Waals surface area contributed by atoms with Gasteiger partial charge in [-0.3, -0.25) is 10.2 Å². The molecular weight excluding hydrogens is 395 g/mol. The number of rotatable bonds is 5. The summed E-state index contributed by atoms with van der Waals surface area (Å²) in [6.45, 7) is 2.14. The van der Waals surface area contributed by atoms with Crippen LogP contribution in [-0.4, -0.2) is 18.2 Å². The monoisotopic (exact) mass is 416 g/mol. The summed E-state index contributed by atoms with van der Waals surface area (Å²) in [4.78, 5) is 12.1. The molecule has 0 saturated carbocycles. The molecule has 142 valence electrons. The number of fused-ring (bicyclic) bond motifs is 3. The van der Waals surface area contributed by atoms with E-state index >= 15 is 0 Å². The minimum atomic E-state index is -0.0764. The van der Waals surface area contributed by atoms with Crippen molar-refractivity contribution in [2.45, 2.75) is 45.4 Å². The van der Waals surface area contributed by atoms with E-state index in [1.54, 1.807) is 6.08 Å². The van der Waals surface area contributed by atoms with Crippen molar-refractivity contribution < 1.29 is 9.53 Å². The number of allylic oxidation sites excluding steroid dienone is 2. The zero-order valence-corrected chi connectivity index (χ0v) is 17.0. The number of carbonyl (C=O) groups is 1. The lowest BCUT2D eigenvalue weighted by molar-refractivity contribution is -0.115. The molecule has 0 saturated heterocycles. The van der Waals surface area contributed by atoms with Gasteiger partial charge in [-0.15, -0.1) is 12.4 Å². The lowest BCUT2D eigenvalue weighted by atomic mass is 9.61. The smallest absolute Gasteiger partial charge is 0.156 e. The molecule has 0 bridgehead atoms. The predicted octanol–water partition coefficient (Wildman–Crippen LogP) is 5.21. The highest BCUT2D eigenvalue weighted by atomic mass is 35.5. The summed E-state index contributed by atoms with van der Waals surface area (Å²) in [6, 6.07) is 1.88. The Bertz CT molecular complexity index is 777. The van der Waals surface area contributed by atoms with Gasteiger partial charge in [0.2, 0.25) is 0 Å². The quantitative estimate of drug-likeness (QED) is 0.510. The third-order valence-corrected chi connectivity index (χ3v) is 6.09. The summed E-state index contributed by atoms with van der Waals surface area (Å²) < 4.78 is 5.52. The molecule has 26 heavy (non-hydrogen) atoms. The number of nitrogens with one attached hydrogen (secondary N) is 1. The lowest BCUT2D eigenvalue weighted by Gasteiger charge is -2.43. The van der Waals surface area contributed by atoms with Gasteiger partial charge >= 0.3 is 0 Å². The molecular formula is C19H23Cl3N2O2. The Morgan fingerprint density at radius 2 is 2.00 bits per heavy atom. The number of ether oxygens (including phenoxy) is 1. The van der Waals surface area contributed by atoms with E-state index < -0.39 is 0 Å². The van der Waals surface area contributed by atoms with Gasteiger partial charge in [0.1, 0.15) is 23.2 Å². The van der Waals surface area contributed by atoms with E-state index in [9.17, 15) is 4.79 Å². The van der Waals surface area contributed by atoms with Crippen LogP contribution in [-0.2, 0) is 11.2 Å². The number of hydrogen-bond acceptors (Lipinski definition) is 3. The van der Waals surface area contributed by atoms with Gasteiger partial charge < -0.3 is 10.5 Å². The Morgan fingerprint density at radius 3 is 2.65 bits per heavy atom. The second-order valence-electron chi connectivity index (χ2n) is 6.91. The zero-order chi connectivity index (χ0) is 18.2. The Morgan fingerprint density at radius 1 is 1.31 bits per heavy atom. The number of aryl methyl sites for hydroxylation is 1. The molecule has 0 aromatic heterocycles. The second kappa shape index (κ2) is 8.20. The van der Waals surface area contributed by atoms with E-state index in [2.05, 4.69) is 6.92 Å². The normalized spacial score (nSPS) is 21.2. The molecule has 1 atom stereocenters. The molecule has 4 nitrogen and oxygen atoms in total. The molecule has 1 aromatic carbocycles. The van der Waals surface area contributed by atoms with Gasteiger partial charge in [-0.2, -0.15) is 0 Å². The number of hydrogen-bond donors (Lipinski definition) is 2. The minimum Gasteiger partial charge on any atom is -0.484 e. The molecule has 0 spiro atoms. The largest absolute Gasteiger partial charge is 0.484 e. The van der Waals surface area contributed by atoms with Crippen molar-refractivity contribution >= 4 is 52.8 Å². The molecule has 2 aliphatic carbocycles. The highest BCUT2D eigenvalue weighted by Crippen LogP contribution is 2.56. The molecule has 0 amide bonds. The van der Waals surface area contributed by atoms with Gasteiger partial charge in [0, 0.05) is 12.0 Å². The Kier molecular flexibility index (Phi) is 6.65. The third-order valence-electron chi connectivity index (χ3n) is 5.24. The molecule has 0 radical (unpaired) electrons. The minimum absolute atomic E-state index is 0. The molecule has 2 aliphatic rings. The molecule has 0 fully saturated rings. The lowest BCUT2D eigenvalue weighted by Crippen LogP contribution is -2.32. The van der Waals surface area contributed by atoms with Crippen molar-refractivity contribution in [2.24, 2.45) is 11.1 Å². The molecule has 3 rings (SSSR count). The first-order valence-electron chi connectivity index (χ1n) is 8.60. The van der Waals surface area contributed by atoms with Crippen molar-refractivity contribution in [3.8, 4) is 5.75 Å². The Labute approximate surface area is 170 Å². The first-order valence-corrected chi connectivity index (χ1v) is 9.35. The van der Waals surface area contributed by atoms with Gasteiger partial charge in [-0.1, -0.05) is 36.5 Å². The average molecular weight is 418 g/mol. The number of carbonyl (C=O) groups excluding carboxylic acids is 1. The number of benzene rings is 1. The summed E-state index contributed by atoms with van der Waals surface area (Å²) in [5, 5.41) is 8.04. The first kappa shape index (κ1) is 21.1. The topological polar surface area (TPSA) is 76.2 Å².